The SMILES string of the molecule is Cc1cc(OCC(=O)NC23CC(C(Oc4ccc(Cl)c(F)c4)C(N)=O)(C2)C3)cc(C)n1. The summed E-state index contributed by atoms with van der Waals surface area (Å²) in [5.41, 5.74) is 6.34. The molecule has 3 N–H and O–H groups in total. The monoisotopic (exact) mass is 447 g/mol. The number of hydrogen-bond acceptors (Lipinski definition) is 5. The Morgan fingerprint density at radius 2 is 1.84 bits per heavy atom. The summed E-state index contributed by atoms with van der Waals surface area (Å²) < 4.78 is 25.0. The first-order chi connectivity index (χ1) is 14.6. The van der Waals surface area contributed by atoms with Crippen molar-refractivity contribution in [1.29, 1.82) is 0 Å². The topological polar surface area (TPSA) is 104 Å². The molecule has 1 aromatic carbocycles. The minimum Gasteiger partial charge on any atom is -0.484 e. The van der Waals surface area contributed by atoms with Gasteiger partial charge in [0.15, 0.2) is 12.7 Å². The number of carbonyl (C=O) groups is 2. The van der Waals surface area contributed by atoms with Gasteiger partial charge >= 0.3 is 0 Å². The number of amides is 2. The lowest BCUT2D eigenvalue weighted by Crippen LogP contribution is -2.80. The third-order valence-electron chi connectivity index (χ3n) is 5.86. The molecule has 0 saturated heterocycles. The molecule has 0 aliphatic heterocycles. The van der Waals surface area contributed by atoms with Crippen LogP contribution in [0.4, 0.5) is 4.39 Å². The molecular weight excluding hydrogens is 425 g/mol. The van der Waals surface area contributed by atoms with Crippen molar-refractivity contribution in [2.45, 2.75) is 44.8 Å². The van der Waals surface area contributed by atoms with Crippen molar-refractivity contribution >= 4 is 23.4 Å². The van der Waals surface area contributed by atoms with Crippen LogP contribution in [0, 0.1) is 25.1 Å². The summed E-state index contributed by atoms with van der Waals surface area (Å²) >= 11 is 5.69. The van der Waals surface area contributed by atoms with Gasteiger partial charge < -0.3 is 20.5 Å². The van der Waals surface area contributed by atoms with Crippen LogP contribution in [0.1, 0.15) is 30.7 Å². The van der Waals surface area contributed by atoms with E-state index in [4.69, 9.17) is 26.8 Å². The van der Waals surface area contributed by atoms with Crippen LogP contribution in [-0.4, -0.2) is 35.0 Å². The van der Waals surface area contributed by atoms with E-state index >= 15 is 0 Å². The molecule has 1 heterocycles. The first-order valence-corrected chi connectivity index (χ1v) is 10.3. The lowest BCUT2D eigenvalue weighted by Gasteiger charge is -2.71. The van der Waals surface area contributed by atoms with E-state index in [1.807, 2.05) is 13.8 Å². The van der Waals surface area contributed by atoms with E-state index in [-0.39, 0.29) is 28.8 Å². The van der Waals surface area contributed by atoms with Gasteiger partial charge in [-0.15, -0.1) is 0 Å². The fourth-order valence-electron chi connectivity index (χ4n) is 4.81. The number of carbonyl (C=O) groups excluding carboxylic acids is 2. The van der Waals surface area contributed by atoms with Gasteiger partial charge in [-0.25, -0.2) is 4.39 Å². The van der Waals surface area contributed by atoms with Crippen molar-refractivity contribution in [1.82, 2.24) is 10.3 Å². The predicted octanol–water partition coefficient (Wildman–Crippen LogP) is 2.84. The van der Waals surface area contributed by atoms with E-state index < -0.39 is 23.2 Å². The van der Waals surface area contributed by atoms with E-state index in [0.29, 0.717) is 25.0 Å². The van der Waals surface area contributed by atoms with Crippen LogP contribution in [0.2, 0.25) is 5.02 Å². The number of pyridine rings is 1. The first-order valence-electron chi connectivity index (χ1n) is 9.90. The summed E-state index contributed by atoms with van der Waals surface area (Å²) in [5, 5.41) is 2.96. The van der Waals surface area contributed by atoms with E-state index in [2.05, 4.69) is 10.3 Å². The Bertz CT molecular complexity index is 1020. The highest BCUT2D eigenvalue weighted by Crippen LogP contribution is 2.69. The predicted molar refractivity (Wildman–Crippen MR) is 111 cm³/mol. The maximum atomic E-state index is 13.7. The zero-order valence-electron chi connectivity index (χ0n) is 17.2. The standard InChI is InChI=1S/C22H23ClFN3O4/c1-12-5-15(6-13(2)26-12)30-8-18(28)27-22-9-21(10-22,11-22)19(20(25)29)31-14-3-4-16(23)17(24)7-14/h3-7,19H,8-11H2,1-2H3,(H2,25,29)(H,27,28). The van der Waals surface area contributed by atoms with Crippen LogP contribution < -0.4 is 20.5 Å². The molecule has 7 nitrogen and oxygen atoms in total. The number of ether oxygens (including phenoxy) is 2. The molecule has 1 unspecified atom stereocenters. The molecule has 3 fully saturated rings. The highest BCUT2D eigenvalue weighted by Gasteiger charge is 2.73. The third kappa shape index (κ3) is 4.17. The van der Waals surface area contributed by atoms with Crippen molar-refractivity contribution < 1.29 is 23.5 Å². The molecule has 3 aliphatic carbocycles. The minimum absolute atomic E-state index is 0.0329. The number of aromatic nitrogens is 1. The maximum Gasteiger partial charge on any atom is 0.259 e. The molecule has 164 valence electrons. The second kappa shape index (κ2) is 7.67. The largest absolute Gasteiger partial charge is 0.484 e. The Morgan fingerprint density at radius 1 is 1.19 bits per heavy atom. The molecule has 3 aliphatic rings. The van der Waals surface area contributed by atoms with Gasteiger partial charge in [0, 0.05) is 40.5 Å². The summed E-state index contributed by atoms with van der Waals surface area (Å²) in [6.45, 7) is 3.60. The molecule has 5 rings (SSSR count). The molecule has 31 heavy (non-hydrogen) atoms. The molecule has 0 radical (unpaired) electrons. The number of nitrogens with zero attached hydrogens (tertiary/aromatic N) is 1. The average Bonchev–Trinajstić information content (AvgIpc) is 2.62. The number of nitrogens with one attached hydrogen (secondary N) is 1. The molecule has 9 heteroatoms. The first kappa shape index (κ1) is 21.4. The van der Waals surface area contributed by atoms with Crippen LogP contribution in [0.5, 0.6) is 11.5 Å². The van der Waals surface area contributed by atoms with Gasteiger partial charge in [0.05, 0.1) is 5.02 Å². The minimum atomic E-state index is -0.911. The lowest BCUT2D eigenvalue weighted by molar-refractivity contribution is -0.208. The second-order valence-electron chi connectivity index (χ2n) is 8.57. The number of rotatable bonds is 8. The van der Waals surface area contributed by atoms with Crippen LogP contribution in [0.25, 0.3) is 0 Å². The Balaban J connectivity index is 1.32. The molecule has 2 aromatic rings. The zero-order chi connectivity index (χ0) is 22.4. The third-order valence-corrected chi connectivity index (χ3v) is 6.17. The van der Waals surface area contributed by atoms with Crippen molar-refractivity contribution in [3.8, 4) is 11.5 Å². The van der Waals surface area contributed by atoms with Crippen molar-refractivity contribution in [3.63, 3.8) is 0 Å². The number of nitrogens with two attached hydrogens (primary N) is 1. The van der Waals surface area contributed by atoms with Gasteiger partial charge in [0.2, 0.25) is 0 Å². The molecule has 1 aromatic heterocycles. The quantitative estimate of drug-likeness (QED) is 0.647. The van der Waals surface area contributed by atoms with Gasteiger partial charge in [-0.2, -0.15) is 0 Å². The fraction of sp³-hybridized carbons (Fsp3) is 0.409. The van der Waals surface area contributed by atoms with Gasteiger partial charge in [0.1, 0.15) is 17.3 Å². The number of benzene rings is 1. The summed E-state index contributed by atoms with van der Waals surface area (Å²) in [4.78, 5) is 28.7. The molecule has 2 bridgehead atoms. The maximum absolute atomic E-state index is 13.7. The van der Waals surface area contributed by atoms with Crippen LogP contribution in [0.15, 0.2) is 30.3 Å². The highest BCUT2D eigenvalue weighted by atomic mass is 35.5. The van der Waals surface area contributed by atoms with Crippen molar-refractivity contribution in [2.75, 3.05) is 6.61 Å². The van der Waals surface area contributed by atoms with Gasteiger partial charge in [-0.3, -0.25) is 14.6 Å². The molecule has 3 saturated carbocycles. The Kier molecular flexibility index (Phi) is 5.29. The Morgan fingerprint density at radius 3 is 2.42 bits per heavy atom. The second-order valence-corrected chi connectivity index (χ2v) is 8.98. The zero-order valence-corrected chi connectivity index (χ0v) is 18.0. The average molecular weight is 448 g/mol. The Hall–Kier alpha value is -2.87. The van der Waals surface area contributed by atoms with Crippen molar-refractivity contribution in [3.05, 3.63) is 52.6 Å². The molecule has 1 atom stereocenters. The normalized spacial score (nSPS) is 24.4. The van der Waals surface area contributed by atoms with E-state index in [1.165, 1.54) is 12.1 Å². The van der Waals surface area contributed by atoms with Gasteiger partial charge in [-0.1, -0.05) is 11.6 Å². The number of halogens is 2. The van der Waals surface area contributed by atoms with Crippen molar-refractivity contribution in [2.24, 2.45) is 11.1 Å². The van der Waals surface area contributed by atoms with E-state index in [1.54, 1.807) is 12.1 Å². The fourth-order valence-corrected chi connectivity index (χ4v) is 4.93. The van der Waals surface area contributed by atoms with Gasteiger partial charge in [-0.05, 0) is 45.2 Å². The van der Waals surface area contributed by atoms with Gasteiger partial charge in [0.25, 0.3) is 11.8 Å². The molecule has 2 amide bonds. The summed E-state index contributed by atoms with van der Waals surface area (Å²) in [7, 11) is 0. The summed E-state index contributed by atoms with van der Waals surface area (Å²) in [6.07, 6.45) is 0.764. The van der Waals surface area contributed by atoms with Crippen LogP contribution >= 0.6 is 11.6 Å². The van der Waals surface area contributed by atoms with E-state index in [9.17, 15) is 14.0 Å². The summed E-state index contributed by atoms with van der Waals surface area (Å²) in [6, 6.07) is 7.51. The number of aryl methyl sites for hydroxylation is 2. The summed E-state index contributed by atoms with van der Waals surface area (Å²) in [5.74, 6) is -0.724. The van der Waals surface area contributed by atoms with E-state index in [0.717, 1.165) is 17.5 Å². The smallest absolute Gasteiger partial charge is 0.259 e. The molecule has 0 spiro atoms. The van der Waals surface area contributed by atoms with Crippen LogP contribution in [0.3, 0.4) is 0 Å². The molecular formula is C22H23ClFN3O4. The highest BCUT2D eigenvalue weighted by molar-refractivity contribution is 6.30. The Labute approximate surface area is 184 Å². The lowest BCUT2D eigenvalue weighted by atomic mass is 9.37. The van der Waals surface area contributed by atoms with Crippen LogP contribution in [-0.2, 0) is 9.59 Å². The number of primary amides is 1. The number of hydrogen-bond donors (Lipinski definition) is 2.